The Morgan fingerprint density at radius 1 is 1.19 bits per heavy atom. The quantitative estimate of drug-likeness (QED) is 0.861. The molecule has 1 aliphatic carbocycles. The van der Waals surface area contributed by atoms with Crippen molar-refractivity contribution in [3.05, 3.63) is 59.5 Å². The summed E-state index contributed by atoms with van der Waals surface area (Å²) in [5.74, 6) is 1.28. The fraction of sp³-hybridized carbons (Fsp3) is 0.476. The molecule has 2 aliphatic rings. The number of aliphatic hydroxyl groups excluding tert-OH is 1. The Hall–Kier alpha value is -2.11. The van der Waals surface area contributed by atoms with E-state index in [1.165, 1.54) is 5.56 Å². The Balaban J connectivity index is 1.51. The molecule has 2 heterocycles. The van der Waals surface area contributed by atoms with Crippen molar-refractivity contribution < 1.29 is 19.4 Å². The summed E-state index contributed by atoms with van der Waals surface area (Å²) in [6.45, 7) is 1.84. The zero-order valence-corrected chi connectivity index (χ0v) is 14.8. The normalized spacial score (nSPS) is 28.8. The predicted molar refractivity (Wildman–Crippen MR) is 96.5 cm³/mol. The first-order chi connectivity index (χ1) is 12.6. The molecule has 4 rings (SSSR count). The zero-order chi connectivity index (χ0) is 18.1. The van der Waals surface area contributed by atoms with E-state index in [1.54, 1.807) is 6.07 Å². The van der Waals surface area contributed by atoms with Crippen molar-refractivity contribution in [1.82, 2.24) is 4.90 Å². The molecule has 0 bridgehead atoms. The molecular weight excluding hydrogens is 330 g/mol. The van der Waals surface area contributed by atoms with Gasteiger partial charge in [-0.15, -0.1) is 0 Å². The highest BCUT2D eigenvalue weighted by atomic mass is 16.4. The highest BCUT2D eigenvalue weighted by molar-refractivity contribution is 5.76. The largest absolute Gasteiger partial charge is 0.481 e. The molecule has 0 radical (unpaired) electrons. The second kappa shape index (κ2) is 6.89. The number of rotatable bonds is 5. The second-order valence-electron chi connectivity index (χ2n) is 7.74. The molecule has 0 unspecified atom stereocenters. The van der Waals surface area contributed by atoms with E-state index in [0.717, 1.165) is 31.6 Å². The van der Waals surface area contributed by atoms with E-state index in [9.17, 15) is 9.90 Å². The van der Waals surface area contributed by atoms with Gasteiger partial charge in [-0.25, -0.2) is 0 Å². The minimum Gasteiger partial charge on any atom is -0.481 e. The molecule has 5 heteroatoms. The lowest BCUT2D eigenvalue weighted by molar-refractivity contribution is -0.152. The summed E-state index contributed by atoms with van der Waals surface area (Å²) in [6, 6.07) is 14.1. The zero-order valence-electron chi connectivity index (χ0n) is 14.8. The average Bonchev–Trinajstić information content (AvgIpc) is 3.26. The number of hydrogen-bond acceptors (Lipinski definition) is 4. The van der Waals surface area contributed by atoms with Gasteiger partial charge in [0.05, 0.1) is 12.0 Å². The predicted octanol–water partition coefficient (Wildman–Crippen LogP) is 3.24. The molecule has 26 heavy (non-hydrogen) atoms. The van der Waals surface area contributed by atoms with Crippen LogP contribution in [0.2, 0.25) is 0 Å². The van der Waals surface area contributed by atoms with Gasteiger partial charge in [-0.2, -0.15) is 0 Å². The molecular formula is C21H25NO4. The molecule has 2 fully saturated rings. The smallest absolute Gasteiger partial charge is 0.311 e. The van der Waals surface area contributed by atoms with Crippen molar-refractivity contribution in [2.45, 2.75) is 38.3 Å². The van der Waals surface area contributed by atoms with Crippen molar-refractivity contribution in [3.8, 4) is 0 Å². The maximum Gasteiger partial charge on any atom is 0.311 e. The Bertz CT molecular complexity index is 771. The van der Waals surface area contributed by atoms with Crippen LogP contribution >= 0.6 is 0 Å². The summed E-state index contributed by atoms with van der Waals surface area (Å²) in [6.07, 6.45) is 2.58. The fourth-order valence-corrected chi connectivity index (χ4v) is 4.87. The number of carbonyl (C=O) groups is 1. The third-order valence-electron chi connectivity index (χ3n) is 6.22. The molecule has 1 aromatic carbocycles. The first-order valence-electron chi connectivity index (χ1n) is 9.30. The Labute approximate surface area is 153 Å². The van der Waals surface area contributed by atoms with Crippen molar-refractivity contribution in [2.75, 3.05) is 13.1 Å². The van der Waals surface area contributed by atoms with Crippen LogP contribution in [-0.4, -0.2) is 34.2 Å². The topological polar surface area (TPSA) is 73.9 Å². The van der Waals surface area contributed by atoms with E-state index in [1.807, 2.05) is 12.1 Å². The third kappa shape index (κ3) is 3.06. The summed E-state index contributed by atoms with van der Waals surface area (Å²) < 4.78 is 5.59. The molecule has 0 spiro atoms. The first kappa shape index (κ1) is 17.3. The van der Waals surface area contributed by atoms with Crippen molar-refractivity contribution in [2.24, 2.45) is 11.3 Å². The molecule has 1 saturated carbocycles. The van der Waals surface area contributed by atoms with Crippen LogP contribution in [0.5, 0.6) is 0 Å². The number of nitrogens with zero attached hydrogens (tertiary/aromatic N) is 1. The molecule has 1 aromatic heterocycles. The Morgan fingerprint density at radius 2 is 1.96 bits per heavy atom. The maximum absolute atomic E-state index is 12.2. The Kier molecular flexibility index (Phi) is 4.59. The van der Waals surface area contributed by atoms with Gasteiger partial charge < -0.3 is 14.6 Å². The van der Waals surface area contributed by atoms with Crippen LogP contribution in [0.4, 0.5) is 0 Å². The number of furan rings is 1. The van der Waals surface area contributed by atoms with E-state index in [4.69, 9.17) is 9.52 Å². The molecule has 0 amide bonds. The SMILES string of the molecule is O=C(O)[C@]12CC[C@H](c3ccccc3)C[C@H]1CN(Cc1ccc(CO)o1)C2. The van der Waals surface area contributed by atoms with E-state index in [2.05, 4.69) is 29.2 Å². The third-order valence-corrected chi connectivity index (χ3v) is 6.22. The van der Waals surface area contributed by atoms with Crippen molar-refractivity contribution in [1.29, 1.82) is 0 Å². The summed E-state index contributed by atoms with van der Waals surface area (Å²) in [7, 11) is 0. The number of carboxylic acid groups (broad SMARTS) is 1. The average molecular weight is 355 g/mol. The van der Waals surface area contributed by atoms with Gasteiger partial charge in [0.15, 0.2) is 0 Å². The number of benzene rings is 1. The van der Waals surface area contributed by atoms with Crippen LogP contribution in [0.15, 0.2) is 46.9 Å². The van der Waals surface area contributed by atoms with Gasteiger partial charge in [0.25, 0.3) is 0 Å². The van der Waals surface area contributed by atoms with E-state index < -0.39 is 11.4 Å². The monoisotopic (exact) mass is 355 g/mol. The van der Waals surface area contributed by atoms with Gasteiger partial charge in [0, 0.05) is 13.1 Å². The van der Waals surface area contributed by atoms with Crippen molar-refractivity contribution in [3.63, 3.8) is 0 Å². The number of aliphatic carboxylic acids is 1. The number of carboxylic acids is 1. The number of fused-ring (bicyclic) bond motifs is 1. The van der Waals surface area contributed by atoms with Gasteiger partial charge in [0.2, 0.25) is 0 Å². The standard InChI is InChI=1S/C21H25NO4/c23-13-19-7-6-18(26-19)12-22-11-17-10-16(15-4-2-1-3-5-15)8-9-21(17,14-22)20(24)25/h1-7,16-17,23H,8-14H2,(H,24,25)/t16-,17-,21-/m0/s1. The van der Waals surface area contributed by atoms with Crippen LogP contribution in [0.3, 0.4) is 0 Å². The van der Waals surface area contributed by atoms with Gasteiger partial charge in [-0.3, -0.25) is 9.69 Å². The lowest BCUT2D eigenvalue weighted by Gasteiger charge is -2.38. The molecule has 2 aromatic rings. The van der Waals surface area contributed by atoms with Crippen LogP contribution in [0, 0.1) is 11.3 Å². The molecule has 2 N–H and O–H groups in total. The summed E-state index contributed by atoms with van der Waals surface area (Å²) in [5.41, 5.74) is 0.682. The molecule has 1 aliphatic heterocycles. The van der Waals surface area contributed by atoms with Crippen LogP contribution in [0.1, 0.15) is 42.3 Å². The van der Waals surface area contributed by atoms with Crippen molar-refractivity contribution >= 4 is 5.97 Å². The molecule has 1 saturated heterocycles. The number of hydrogen-bond donors (Lipinski definition) is 2. The summed E-state index contributed by atoms with van der Waals surface area (Å²) in [4.78, 5) is 14.4. The van der Waals surface area contributed by atoms with E-state index in [0.29, 0.717) is 24.8 Å². The van der Waals surface area contributed by atoms with Crippen LogP contribution < -0.4 is 0 Å². The number of aliphatic hydroxyl groups is 1. The summed E-state index contributed by atoms with van der Waals surface area (Å²) in [5, 5.41) is 19.1. The van der Waals surface area contributed by atoms with E-state index >= 15 is 0 Å². The van der Waals surface area contributed by atoms with E-state index in [-0.39, 0.29) is 12.5 Å². The molecule has 5 nitrogen and oxygen atoms in total. The van der Waals surface area contributed by atoms with Crippen LogP contribution in [-0.2, 0) is 17.9 Å². The first-order valence-corrected chi connectivity index (χ1v) is 9.30. The fourth-order valence-electron chi connectivity index (χ4n) is 4.87. The summed E-state index contributed by atoms with van der Waals surface area (Å²) >= 11 is 0. The Morgan fingerprint density at radius 3 is 2.65 bits per heavy atom. The highest BCUT2D eigenvalue weighted by Crippen LogP contribution is 2.51. The molecule has 3 atom stereocenters. The van der Waals surface area contributed by atoms with Gasteiger partial charge in [0.1, 0.15) is 18.1 Å². The molecule has 138 valence electrons. The van der Waals surface area contributed by atoms with Crippen LogP contribution in [0.25, 0.3) is 0 Å². The highest BCUT2D eigenvalue weighted by Gasteiger charge is 2.54. The lowest BCUT2D eigenvalue weighted by atomic mass is 9.64. The minimum atomic E-state index is -0.660. The lowest BCUT2D eigenvalue weighted by Crippen LogP contribution is -2.42. The number of likely N-dealkylation sites (tertiary alicyclic amines) is 1. The van der Waals surface area contributed by atoms with Gasteiger partial charge in [-0.1, -0.05) is 30.3 Å². The minimum absolute atomic E-state index is 0.111. The van der Waals surface area contributed by atoms with Gasteiger partial charge in [-0.05, 0) is 48.8 Å². The second-order valence-corrected chi connectivity index (χ2v) is 7.74. The maximum atomic E-state index is 12.2. The van der Waals surface area contributed by atoms with Gasteiger partial charge >= 0.3 is 5.97 Å².